The van der Waals surface area contributed by atoms with E-state index in [1.807, 2.05) is 24.3 Å². The molecule has 4 nitrogen and oxygen atoms in total. The van der Waals surface area contributed by atoms with Crippen LogP contribution in [0, 0.1) is 0 Å². The number of hydrogen-bond acceptors (Lipinski definition) is 4. The molecule has 0 aliphatic heterocycles. The SMILES string of the molecule is CCCCCCc1c(OC)c(OC(C)=O)c2ccccc2c1O. The molecule has 0 radical (unpaired) electrons. The number of phenolic OH excluding ortho intramolecular Hbond substituents is 1. The second-order valence-corrected chi connectivity index (χ2v) is 5.64. The maximum atomic E-state index is 11.5. The molecule has 0 fully saturated rings. The number of methoxy groups -OCH3 is 1. The van der Waals surface area contributed by atoms with Gasteiger partial charge in [0.2, 0.25) is 0 Å². The van der Waals surface area contributed by atoms with Crippen molar-refractivity contribution < 1.29 is 19.4 Å². The molecule has 4 heteroatoms. The standard InChI is InChI=1S/C19H24O4/c1-4-5-6-7-12-16-17(21)14-10-8-9-11-15(14)19(18(16)22-3)23-13(2)20/h8-11,21H,4-7,12H2,1-3H3. The highest BCUT2D eigenvalue weighted by atomic mass is 16.6. The van der Waals surface area contributed by atoms with E-state index in [1.165, 1.54) is 14.0 Å². The van der Waals surface area contributed by atoms with Crippen molar-refractivity contribution in [1.29, 1.82) is 0 Å². The van der Waals surface area contributed by atoms with Gasteiger partial charge in [0.05, 0.1) is 7.11 Å². The van der Waals surface area contributed by atoms with Crippen molar-refractivity contribution >= 4 is 16.7 Å². The summed E-state index contributed by atoms with van der Waals surface area (Å²) in [7, 11) is 1.53. The van der Waals surface area contributed by atoms with E-state index in [0.717, 1.165) is 25.7 Å². The number of aromatic hydroxyl groups is 1. The Labute approximate surface area is 137 Å². The number of ether oxygens (including phenoxy) is 2. The maximum absolute atomic E-state index is 11.5. The first-order valence-corrected chi connectivity index (χ1v) is 8.09. The highest BCUT2D eigenvalue weighted by Crippen LogP contribution is 2.46. The number of hydrogen-bond donors (Lipinski definition) is 1. The van der Waals surface area contributed by atoms with Crippen LogP contribution < -0.4 is 9.47 Å². The molecule has 23 heavy (non-hydrogen) atoms. The number of benzene rings is 2. The minimum atomic E-state index is -0.406. The molecule has 2 rings (SSSR count). The largest absolute Gasteiger partial charge is 0.507 e. The van der Waals surface area contributed by atoms with Crippen molar-refractivity contribution in [3.63, 3.8) is 0 Å². The minimum Gasteiger partial charge on any atom is -0.507 e. The third-order valence-electron chi connectivity index (χ3n) is 3.92. The number of unbranched alkanes of at least 4 members (excludes halogenated alkanes) is 3. The summed E-state index contributed by atoms with van der Waals surface area (Å²) in [4.78, 5) is 11.5. The summed E-state index contributed by atoms with van der Waals surface area (Å²) in [6.07, 6.45) is 5.05. The molecule has 124 valence electrons. The average molecular weight is 316 g/mol. The highest BCUT2D eigenvalue weighted by Gasteiger charge is 2.21. The van der Waals surface area contributed by atoms with Crippen LogP contribution in [0.15, 0.2) is 24.3 Å². The lowest BCUT2D eigenvalue weighted by molar-refractivity contribution is -0.131. The lowest BCUT2D eigenvalue weighted by Gasteiger charge is -2.18. The van der Waals surface area contributed by atoms with Gasteiger partial charge >= 0.3 is 5.97 Å². The molecule has 0 heterocycles. The van der Waals surface area contributed by atoms with Crippen LogP contribution in [0.2, 0.25) is 0 Å². The zero-order chi connectivity index (χ0) is 16.8. The van der Waals surface area contributed by atoms with Crippen LogP contribution in [0.25, 0.3) is 10.8 Å². The van der Waals surface area contributed by atoms with E-state index in [-0.39, 0.29) is 5.75 Å². The Morgan fingerprint density at radius 1 is 1.09 bits per heavy atom. The summed E-state index contributed by atoms with van der Waals surface area (Å²) in [6, 6.07) is 7.34. The quantitative estimate of drug-likeness (QED) is 0.461. The van der Waals surface area contributed by atoms with Crippen LogP contribution in [0.3, 0.4) is 0 Å². The lowest BCUT2D eigenvalue weighted by atomic mass is 9.98. The van der Waals surface area contributed by atoms with Crippen molar-refractivity contribution in [3.8, 4) is 17.2 Å². The Morgan fingerprint density at radius 3 is 2.39 bits per heavy atom. The number of carbonyl (C=O) groups is 1. The van der Waals surface area contributed by atoms with Gasteiger partial charge in [-0.2, -0.15) is 0 Å². The molecule has 2 aromatic rings. The van der Waals surface area contributed by atoms with E-state index < -0.39 is 5.97 Å². The molecule has 0 bridgehead atoms. The molecule has 0 saturated carbocycles. The van der Waals surface area contributed by atoms with Gasteiger partial charge in [-0.15, -0.1) is 0 Å². The van der Waals surface area contributed by atoms with E-state index in [2.05, 4.69) is 6.92 Å². The van der Waals surface area contributed by atoms with Gasteiger partial charge in [0, 0.05) is 23.3 Å². The van der Waals surface area contributed by atoms with Gasteiger partial charge in [0.25, 0.3) is 0 Å². The summed E-state index contributed by atoms with van der Waals surface area (Å²) < 4.78 is 10.9. The number of rotatable bonds is 7. The fraction of sp³-hybridized carbons (Fsp3) is 0.421. The Kier molecular flexibility index (Phi) is 5.85. The fourth-order valence-corrected chi connectivity index (χ4v) is 2.84. The van der Waals surface area contributed by atoms with E-state index >= 15 is 0 Å². The predicted octanol–water partition coefficient (Wildman–Crippen LogP) is 4.60. The van der Waals surface area contributed by atoms with Crippen LogP contribution in [0.4, 0.5) is 0 Å². The first-order valence-electron chi connectivity index (χ1n) is 8.09. The topological polar surface area (TPSA) is 55.8 Å². The molecule has 0 aromatic heterocycles. The average Bonchev–Trinajstić information content (AvgIpc) is 2.55. The van der Waals surface area contributed by atoms with Gasteiger partial charge in [-0.3, -0.25) is 4.79 Å². The van der Waals surface area contributed by atoms with Gasteiger partial charge in [0.15, 0.2) is 11.5 Å². The Hall–Kier alpha value is -2.23. The second kappa shape index (κ2) is 7.86. The fourth-order valence-electron chi connectivity index (χ4n) is 2.84. The zero-order valence-corrected chi connectivity index (χ0v) is 14.0. The van der Waals surface area contributed by atoms with Gasteiger partial charge < -0.3 is 14.6 Å². The third-order valence-corrected chi connectivity index (χ3v) is 3.92. The minimum absolute atomic E-state index is 0.213. The zero-order valence-electron chi connectivity index (χ0n) is 14.0. The molecule has 0 amide bonds. The van der Waals surface area contributed by atoms with Crippen molar-refractivity contribution in [3.05, 3.63) is 29.8 Å². The molecule has 0 aliphatic carbocycles. The summed E-state index contributed by atoms with van der Waals surface area (Å²) in [5.74, 6) is 0.646. The molecule has 0 aliphatic rings. The van der Waals surface area contributed by atoms with Gasteiger partial charge in [-0.05, 0) is 12.8 Å². The van der Waals surface area contributed by atoms with Crippen molar-refractivity contribution in [2.24, 2.45) is 0 Å². The molecule has 1 N–H and O–H groups in total. The van der Waals surface area contributed by atoms with Crippen LogP contribution in [-0.4, -0.2) is 18.2 Å². The Bertz CT molecular complexity index is 691. The first kappa shape index (κ1) is 17.1. The normalized spacial score (nSPS) is 10.7. The molecule has 0 unspecified atom stereocenters. The summed E-state index contributed by atoms with van der Waals surface area (Å²) >= 11 is 0. The number of esters is 1. The van der Waals surface area contributed by atoms with Gasteiger partial charge in [-0.1, -0.05) is 50.5 Å². The van der Waals surface area contributed by atoms with Crippen LogP contribution in [-0.2, 0) is 11.2 Å². The van der Waals surface area contributed by atoms with Gasteiger partial charge in [-0.25, -0.2) is 0 Å². The first-order chi connectivity index (χ1) is 11.1. The van der Waals surface area contributed by atoms with Crippen molar-refractivity contribution in [1.82, 2.24) is 0 Å². The second-order valence-electron chi connectivity index (χ2n) is 5.64. The summed E-state index contributed by atoms with van der Waals surface area (Å²) in [5.41, 5.74) is 0.707. The van der Waals surface area contributed by atoms with Crippen molar-refractivity contribution in [2.45, 2.75) is 46.0 Å². The molecule has 2 aromatic carbocycles. The van der Waals surface area contributed by atoms with E-state index in [4.69, 9.17) is 9.47 Å². The number of phenols is 1. The molecule has 0 spiro atoms. The molecule has 0 atom stereocenters. The Morgan fingerprint density at radius 2 is 1.78 bits per heavy atom. The molecular formula is C19H24O4. The lowest BCUT2D eigenvalue weighted by Crippen LogP contribution is -2.06. The smallest absolute Gasteiger partial charge is 0.308 e. The maximum Gasteiger partial charge on any atom is 0.308 e. The van der Waals surface area contributed by atoms with Crippen LogP contribution >= 0.6 is 0 Å². The van der Waals surface area contributed by atoms with Crippen LogP contribution in [0.5, 0.6) is 17.2 Å². The predicted molar refractivity (Wildman–Crippen MR) is 91.3 cm³/mol. The molecule has 0 saturated heterocycles. The summed E-state index contributed by atoms with van der Waals surface area (Å²) in [5, 5.41) is 12.0. The van der Waals surface area contributed by atoms with Crippen LogP contribution in [0.1, 0.15) is 45.1 Å². The highest BCUT2D eigenvalue weighted by molar-refractivity contribution is 5.98. The van der Waals surface area contributed by atoms with Crippen molar-refractivity contribution in [2.75, 3.05) is 7.11 Å². The van der Waals surface area contributed by atoms with E-state index in [9.17, 15) is 9.90 Å². The number of fused-ring (bicyclic) bond motifs is 1. The van der Waals surface area contributed by atoms with E-state index in [0.29, 0.717) is 34.3 Å². The van der Waals surface area contributed by atoms with Gasteiger partial charge in [0.1, 0.15) is 5.75 Å². The third kappa shape index (κ3) is 3.76. The number of carbonyl (C=O) groups excluding carboxylic acids is 1. The molecular weight excluding hydrogens is 292 g/mol. The van der Waals surface area contributed by atoms with E-state index in [1.54, 1.807) is 0 Å². The summed E-state index contributed by atoms with van der Waals surface area (Å²) in [6.45, 7) is 3.52. The Balaban J connectivity index is 2.55. The monoisotopic (exact) mass is 316 g/mol.